The molecule has 17 heavy (non-hydrogen) atoms. The SMILES string of the molecule is C=CCN(CC=C)c1ccc(C(C)=O)cc1Cl. The quantitative estimate of drug-likeness (QED) is 0.566. The fourth-order valence-corrected chi connectivity index (χ4v) is 1.87. The highest BCUT2D eigenvalue weighted by Gasteiger charge is 2.09. The Morgan fingerprint density at radius 2 is 1.94 bits per heavy atom. The minimum absolute atomic E-state index is 0.0115. The first kappa shape index (κ1) is 13.5. The van der Waals surface area contributed by atoms with Crippen molar-refractivity contribution in [1.82, 2.24) is 0 Å². The third kappa shape index (κ3) is 3.46. The molecule has 0 atom stereocenters. The molecular formula is C14H16ClNO. The fourth-order valence-electron chi connectivity index (χ4n) is 1.57. The van der Waals surface area contributed by atoms with Crippen LogP contribution in [0.2, 0.25) is 5.02 Å². The number of nitrogens with zero attached hydrogens (tertiary/aromatic N) is 1. The van der Waals surface area contributed by atoms with Crippen LogP contribution in [0.3, 0.4) is 0 Å². The van der Waals surface area contributed by atoms with Crippen molar-refractivity contribution in [3.8, 4) is 0 Å². The number of carbonyl (C=O) groups excluding carboxylic acids is 1. The van der Waals surface area contributed by atoms with Crippen LogP contribution >= 0.6 is 11.6 Å². The number of benzene rings is 1. The Hall–Kier alpha value is -1.54. The lowest BCUT2D eigenvalue weighted by molar-refractivity contribution is 0.101. The van der Waals surface area contributed by atoms with Gasteiger partial charge in [0.1, 0.15) is 0 Å². The summed E-state index contributed by atoms with van der Waals surface area (Å²) < 4.78 is 0. The van der Waals surface area contributed by atoms with Crippen LogP contribution in [0, 0.1) is 0 Å². The van der Waals surface area contributed by atoms with Gasteiger partial charge in [-0.3, -0.25) is 4.79 Å². The first-order chi connectivity index (χ1) is 8.10. The zero-order valence-electron chi connectivity index (χ0n) is 9.95. The van der Waals surface area contributed by atoms with Gasteiger partial charge in [-0.2, -0.15) is 0 Å². The van der Waals surface area contributed by atoms with Crippen LogP contribution in [0.5, 0.6) is 0 Å². The molecule has 90 valence electrons. The Balaban J connectivity index is 3.07. The molecule has 0 fully saturated rings. The molecule has 1 aromatic rings. The first-order valence-electron chi connectivity index (χ1n) is 5.37. The van der Waals surface area contributed by atoms with Gasteiger partial charge in [0.2, 0.25) is 0 Å². The van der Waals surface area contributed by atoms with E-state index in [4.69, 9.17) is 11.6 Å². The van der Waals surface area contributed by atoms with Crippen molar-refractivity contribution in [2.75, 3.05) is 18.0 Å². The predicted molar refractivity (Wildman–Crippen MR) is 74.1 cm³/mol. The van der Waals surface area contributed by atoms with Gasteiger partial charge < -0.3 is 4.90 Å². The van der Waals surface area contributed by atoms with E-state index in [0.717, 1.165) is 5.69 Å². The van der Waals surface area contributed by atoms with Gasteiger partial charge in [0.05, 0.1) is 10.7 Å². The summed E-state index contributed by atoms with van der Waals surface area (Å²) in [5.41, 5.74) is 1.51. The van der Waals surface area contributed by atoms with E-state index >= 15 is 0 Å². The summed E-state index contributed by atoms with van der Waals surface area (Å²) in [6, 6.07) is 5.33. The Labute approximate surface area is 107 Å². The molecule has 0 aliphatic heterocycles. The first-order valence-corrected chi connectivity index (χ1v) is 5.75. The smallest absolute Gasteiger partial charge is 0.159 e. The molecule has 2 nitrogen and oxygen atoms in total. The van der Waals surface area contributed by atoms with E-state index in [1.807, 2.05) is 11.0 Å². The zero-order chi connectivity index (χ0) is 12.8. The van der Waals surface area contributed by atoms with Crippen LogP contribution in [0.1, 0.15) is 17.3 Å². The standard InChI is InChI=1S/C14H16ClNO/c1-4-8-16(9-5-2)14-7-6-12(11(3)17)10-13(14)15/h4-7,10H,1-2,8-9H2,3H3. The zero-order valence-corrected chi connectivity index (χ0v) is 10.7. The number of Topliss-reactive ketones (excluding diaryl/α,β-unsaturated/α-hetero) is 1. The summed E-state index contributed by atoms with van der Waals surface area (Å²) in [5.74, 6) is 0.0115. The normalized spacial score (nSPS) is 9.76. The molecule has 0 spiro atoms. The second-order valence-corrected chi connectivity index (χ2v) is 4.11. The van der Waals surface area contributed by atoms with Crippen molar-refractivity contribution in [3.05, 3.63) is 54.1 Å². The van der Waals surface area contributed by atoms with Gasteiger partial charge in [0.25, 0.3) is 0 Å². The van der Waals surface area contributed by atoms with Crippen LogP contribution in [-0.4, -0.2) is 18.9 Å². The molecule has 0 amide bonds. The second kappa shape index (κ2) is 6.26. The number of hydrogen-bond acceptors (Lipinski definition) is 2. The van der Waals surface area contributed by atoms with Crippen LogP contribution in [0.4, 0.5) is 5.69 Å². The van der Waals surface area contributed by atoms with Crippen molar-refractivity contribution < 1.29 is 4.79 Å². The van der Waals surface area contributed by atoms with E-state index in [1.54, 1.807) is 24.3 Å². The van der Waals surface area contributed by atoms with Gasteiger partial charge in [-0.1, -0.05) is 23.8 Å². The molecule has 0 aliphatic carbocycles. The molecule has 0 aliphatic rings. The molecule has 1 aromatic carbocycles. The summed E-state index contributed by atoms with van der Waals surface area (Å²) in [7, 11) is 0. The Kier molecular flexibility index (Phi) is 4.98. The number of hydrogen-bond donors (Lipinski definition) is 0. The third-order valence-corrected chi connectivity index (χ3v) is 2.70. The summed E-state index contributed by atoms with van der Waals surface area (Å²) in [6.07, 6.45) is 3.61. The molecule has 0 saturated carbocycles. The maximum atomic E-state index is 11.2. The molecule has 0 heterocycles. The number of ketones is 1. The molecule has 3 heteroatoms. The van der Waals surface area contributed by atoms with Crippen LogP contribution in [0.25, 0.3) is 0 Å². The highest BCUT2D eigenvalue weighted by molar-refractivity contribution is 6.33. The maximum Gasteiger partial charge on any atom is 0.159 e. The lowest BCUT2D eigenvalue weighted by atomic mass is 10.1. The summed E-state index contributed by atoms with van der Waals surface area (Å²) in [4.78, 5) is 13.3. The van der Waals surface area contributed by atoms with Crippen molar-refractivity contribution in [2.45, 2.75) is 6.92 Å². The van der Waals surface area contributed by atoms with E-state index in [-0.39, 0.29) is 5.78 Å². The average molecular weight is 250 g/mol. The molecule has 1 rings (SSSR count). The van der Waals surface area contributed by atoms with E-state index in [0.29, 0.717) is 23.7 Å². The second-order valence-electron chi connectivity index (χ2n) is 3.70. The monoisotopic (exact) mass is 249 g/mol. The van der Waals surface area contributed by atoms with Gasteiger partial charge in [0.15, 0.2) is 5.78 Å². The van der Waals surface area contributed by atoms with Crippen LogP contribution < -0.4 is 4.90 Å². The number of carbonyl (C=O) groups is 1. The van der Waals surface area contributed by atoms with Gasteiger partial charge >= 0.3 is 0 Å². The number of rotatable bonds is 6. The van der Waals surface area contributed by atoms with E-state index < -0.39 is 0 Å². The molecular weight excluding hydrogens is 234 g/mol. The molecule has 0 radical (unpaired) electrons. The van der Waals surface area contributed by atoms with Gasteiger partial charge in [-0.05, 0) is 25.1 Å². The predicted octanol–water partition coefficient (Wildman–Crippen LogP) is 3.72. The van der Waals surface area contributed by atoms with Crippen molar-refractivity contribution in [1.29, 1.82) is 0 Å². The molecule has 0 saturated heterocycles. The average Bonchev–Trinajstić information content (AvgIpc) is 2.28. The van der Waals surface area contributed by atoms with E-state index in [1.165, 1.54) is 6.92 Å². The molecule has 0 aromatic heterocycles. The highest BCUT2D eigenvalue weighted by Crippen LogP contribution is 2.27. The summed E-state index contributed by atoms with van der Waals surface area (Å²) in [5, 5.41) is 0.571. The molecule has 0 N–H and O–H groups in total. The van der Waals surface area contributed by atoms with Gasteiger partial charge in [-0.15, -0.1) is 13.2 Å². The van der Waals surface area contributed by atoms with Crippen molar-refractivity contribution >= 4 is 23.1 Å². The van der Waals surface area contributed by atoms with E-state index in [2.05, 4.69) is 13.2 Å². The van der Waals surface area contributed by atoms with Crippen molar-refractivity contribution in [2.24, 2.45) is 0 Å². The maximum absolute atomic E-state index is 11.2. The van der Waals surface area contributed by atoms with Crippen LogP contribution in [0.15, 0.2) is 43.5 Å². The summed E-state index contributed by atoms with van der Waals surface area (Å²) >= 11 is 6.18. The molecule has 0 bridgehead atoms. The minimum Gasteiger partial charge on any atom is -0.363 e. The lowest BCUT2D eigenvalue weighted by Gasteiger charge is -2.23. The topological polar surface area (TPSA) is 20.3 Å². The number of anilines is 1. The highest BCUT2D eigenvalue weighted by atomic mass is 35.5. The Morgan fingerprint density at radius 3 is 2.35 bits per heavy atom. The van der Waals surface area contributed by atoms with E-state index in [9.17, 15) is 4.79 Å². The number of halogens is 1. The van der Waals surface area contributed by atoms with Crippen molar-refractivity contribution in [3.63, 3.8) is 0 Å². The Morgan fingerprint density at radius 1 is 1.35 bits per heavy atom. The lowest BCUT2D eigenvalue weighted by Crippen LogP contribution is -2.23. The minimum atomic E-state index is 0.0115. The molecule has 0 unspecified atom stereocenters. The fraction of sp³-hybridized carbons (Fsp3) is 0.214. The largest absolute Gasteiger partial charge is 0.363 e. The van der Waals surface area contributed by atoms with Crippen LogP contribution in [-0.2, 0) is 0 Å². The Bertz CT molecular complexity index is 430. The third-order valence-electron chi connectivity index (χ3n) is 2.39. The van der Waals surface area contributed by atoms with Gasteiger partial charge in [0, 0.05) is 18.7 Å². The van der Waals surface area contributed by atoms with Gasteiger partial charge in [-0.25, -0.2) is 0 Å². The summed E-state index contributed by atoms with van der Waals surface area (Å²) in [6.45, 7) is 10.3.